The first-order chi connectivity index (χ1) is 9.01. The summed E-state index contributed by atoms with van der Waals surface area (Å²) >= 11 is 0. The molecule has 0 bridgehead atoms. The third-order valence-electron chi connectivity index (χ3n) is 4.36. The molecule has 0 aliphatic heterocycles. The molecule has 0 heterocycles. The second-order valence-corrected chi connectivity index (χ2v) is 5.39. The molecule has 1 N–H and O–H groups in total. The summed E-state index contributed by atoms with van der Waals surface area (Å²) in [5.41, 5.74) is -0.0330. The van der Waals surface area contributed by atoms with Gasteiger partial charge in [0, 0.05) is 23.9 Å². The van der Waals surface area contributed by atoms with E-state index in [0.717, 1.165) is 37.6 Å². The quantitative estimate of drug-likeness (QED) is 0.883. The van der Waals surface area contributed by atoms with Gasteiger partial charge in [0.1, 0.15) is 11.9 Å². The molecule has 1 aromatic rings. The Balaban J connectivity index is 2.10. The number of rotatable bonds is 5. The Labute approximate surface area is 113 Å². The molecular weight excluding hydrogens is 248 g/mol. The summed E-state index contributed by atoms with van der Waals surface area (Å²) < 4.78 is 32.4. The second-order valence-electron chi connectivity index (χ2n) is 5.39. The molecule has 19 heavy (non-hydrogen) atoms. The monoisotopic (exact) mass is 269 g/mol. The molecule has 1 fully saturated rings. The fourth-order valence-electron chi connectivity index (χ4n) is 2.76. The highest BCUT2D eigenvalue weighted by Gasteiger charge is 2.51. The first-order valence-electron chi connectivity index (χ1n) is 6.86. The zero-order valence-electron chi connectivity index (χ0n) is 11.7. The Morgan fingerprint density at radius 3 is 2.74 bits per heavy atom. The molecule has 2 nitrogen and oxygen atoms in total. The molecule has 3 atom stereocenters. The summed E-state index contributed by atoms with van der Waals surface area (Å²) in [6, 6.07) is 3.70. The summed E-state index contributed by atoms with van der Waals surface area (Å²) in [7, 11) is 0. The maximum absolute atomic E-state index is 13.6. The molecule has 0 spiro atoms. The van der Waals surface area contributed by atoms with Crippen molar-refractivity contribution >= 4 is 0 Å². The van der Waals surface area contributed by atoms with Crippen LogP contribution >= 0.6 is 0 Å². The first-order valence-corrected chi connectivity index (χ1v) is 6.86. The topological polar surface area (TPSA) is 21.3 Å². The van der Waals surface area contributed by atoms with Gasteiger partial charge in [0.25, 0.3) is 0 Å². The summed E-state index contributed by atoms with van der Waals surface area (Å²) in [6.45, 7) is 7.20. The number of hydrogen-bond donors (Lipinski definition) is 1. The van der Waals surface area contributed by atoms with Gasteiger partial charge in [-0.1, -0.05) is 20.8 Å². The Kier molecular flexibility index (Phi) is 4.09. The van der Waals surface area contributed by atoms with Gasteiger partial charge < -0.3 is 10.1 Å². The number of hydrogen-bond acceptors (Lipinski definition) is 2. The summed E-state index contributed by atoms with van der Waals surface area (Å²) in [5.74, 6) is -0.969. The van der Waals surface area contributed by atoms with Crippen molar-refractivity contribution in [1.29, 1.82) is 0 Å². The number of halogens is 2. The summed E-state index contributed by atoms with van der Waals surface area (Å²) in [4.78, 5) is 0. The van der Waals surface area contributed by atoms with Gasteiger partial charge in [-0.3, -0.25) is 0 Å². The van der Waals surface area contributed by atoms with Gasteiger partial charge in [0.2, 0.25) is 0 Å². The van der Waals surface area contributed by atoms with E-state index < -0.39 is 11.6 Å². The number of ether oxygens (including phenoxy) is 1. The molecule has 1 aliphatic carbocycles. The molecule has 106 valence electrons. The molecule has 0 amide bonds. The molecular formula is C15H21F2NO. The van der Waals surface area contributed by atoms with Crippen molar-refractivity contribution < 1.29 is 13.5 Å². The predicted octanol–water partition coefficient (Wildman–Crippen LogP) is 3.51. The van der Waals surface area contributed by atoms with Gasteiger partial charge in [0.05, 0.1) is 0 Å². The van der Waals surface area contributed by atoms with Crippen molar-refractivity contribution in [3.63, 3.8) is 0 Å². The van der Waals surface area contributed by atoms with Gasteiger partial charge in [-0.05, 0) is 25.1 Å². The molecule has 0 radical (unpaired) electrons. The van der Waals surface area contributed by atoms with E-state index in [1.54, 1.807) is 0 Å². The van der Waals surface area contributed by atoms with Gasteiger partial charge in [-0.15, -0.1) is 0 Å². The maximum Gasteiger partial charge on any atom is 0.165 e. The zero-order valence-corrected chi connectivity index (χ0v) is 11.7. The van der Waals surface area contributed by atoms with Crippen LogP contribution in [0.25, 0.3) is 0 Å². The molecule has 3 unspecified atom stereocenters. The van der Waals surface area contributed by atoms with Crippen LogP contribution in [-0.2, 0) is 0 Å². The Morgan fingerprint density at radius 2 is 2.11 bits per heavy atom. The van der Waals surface area contributed by atoms with E-state index in [9.17, 15) is 8.78 Å². The Bertz CT molecular complexity index is 452. The average molecular weight is 269 g/mol. The molecule has 4 heteroatoms. The number of benzene rings is 1. The largest absolute Gasteiger partial charge is 0.487 e. The van der Waals surface area contributed by atoms with Crippen molar-refractivity contribution in [2.24, 2.45) is 5.41 Å². The standard InChI is InChI=1S/C15H21F2NO/c1-4-15(3)13(18-5-2)9-14(15)19-12-8-10(16)6-7-11(12)17/h6-8,13-14,18H,4-5,9H2,1-3H3. The highest BCUT2D eigenvalue weighted by atomic mass is 19.1. The predicted molar refractivity (Wildman–Crippen MR) is 71.3 cm³/mol. The van der Waals surface area contributed by atoms with Crippen LogP contribution < -0.4 is 10.1 Å². The second kappa shape index (κ2) is 5.45. The van der Waals surface area contributed by atoms with Crippen LogP contribution in [0.4, 0.5) is 8.78 Å². The normalized spacial score (nSPS) is 29.9. The zero-order chi connectivity index (χ0) is 14.0. The summed E-state index contributed by atoms with van der Waals surface area (Å²) in [6.07, 6.45) is 1.69. The third kappa shape index (κ3) is 2.59. The van der Waals surface area contributed by atoms with Gasteiger partial charge in [0.15, 0.2) is 11.6 Å². The smallest absolute Gasteiger partial charge is 0.165 e. The van der Waals surface area contributed by atoms with Crippen LogP contribution in [0.5, 0.6) is 5.75 Å². The van der Waals surface area contributed by atoms with Crippen LogP contribution in [-0.4, -0.2) is 18.7 Å². The van der Waals surface area contributed by atoms with Crippen LogP contribution in [0.15, 0.2) is 18.2 Å². The van der Waals surface area contributed by atoms with Crippen molar-refractivity contribution in [1.82, 2.24) is 5.32 Å². The van der Waals surface area contributed by atoms with Crippen molar-refractivity contribution in [3.8, 4) is 5.75 Å². The minimum atomic E-state index is -0.508. The van der Waals surface area contributed by atoms with Crippen molar-refractivity contribution in [2.75, 3.05) is 6.54 Å². The van der Waals surface area contributed by atoms with Gasteiger partial charge in [-0.2, -0.15) is 0 Å². The van der Waals surface area contributed by atoms with E-state index in [0.29, 0.717) is 6.04 Å². The van der Waals surface area contributed by atoms with Crippen molar-refractivity contribution in [3.05, 3.63) is 29.8 Å². The minimum absolute atomic E-state index is 0.0135. The SMILES string of the molecule is CCNC1CC(Oc2cc(F)ccc2F)C1(C)CC. The molecule has 0 saturated heterocycles. The molecule has 1 saturated carbocycles. The number of nitrogens with one attached hydrogen (secondary N) is 1. The Morgan fingerprint density at radius 1 is 1.37 bits per heavy atom. The lowest BCUT2D eigenvalue weighted by molar-refractivity contribution is -0.0713. The Hall–Kier alpha value is -1.16. The van der Waals surface area contributed by atoms with Crippen LogP contribution in [0.1, 0.15) is 33.6 Å². The van der Waals surface area contributed by atoms with E-state index in [2.05, 4.69) is 26.1 Å². The van der Waals surface area contributed by atoms with Gasteiger partial charge >= 0.3 is 0 Å². The molecule has 0 aromatic heterocycles. The van der Waals surface area contributed by atoms with E-state index in [1.165, 1.54) is 0 Å². The first kappa shape index (κ1) is 14.3. The van der Waals surface area contributed by atoms with E-state index >= 15 is 0 Å². The van der Waals surface area contributed by atoms with Crippen LogP contribution in [0.2, 0.25) is 0 Å². The summed E-state index contributed by atoms with van der Waals surface area (Å²) in [5, 5.41) is 3.42. The van der Waals surface area contributed by atoms with Gasteiger partial charge in [-0.25, -0.2) is 8.78 Å². The molecule has 2 rings (SSSR count). The fraction of sp³-hybridized carbons (Fsp3) is 0.600. The maximum atomic E-state index is 13.6. The molecule has 1 aliphatic rings. The highest BCUT2D eigenvalue weighted by molar-refractivity contribution is 5.26. The average Bonchev–Trinajstić information content (AvgIpc) is 2.40. The van der Waals surface area contributed by atoms with E-state index in [1.807, 2.05) is 0 Å². The van der Waals surface area contributed by atoms with E-state index in [-0.39, 0.29) is 17.3 Å². The lowest BCUT2D eigenvalue weighted by Crippen LogP contribution is -2.63. The lowest BCUT2D eigenvalue weighted by Gasteiger charge is -2.53. The van der Waals surface area contributed by atoms with Crippen LogP contribution in [0.3, 0.4) is 0 Å². The highest BCUT2D eigenvalue weighted by Crippen LogP contribution is 2.46. The fourth-order valence-corrected chi connectivity index (χ4v) is 2.76. The molecule has 1 aromatic carbocycles. The lowest BCUT2D eigenvalue weighted by atomic mass is 9.61. The van der Waals surface area contributed by atoms with E-state index in [4.69, 9.17) is 4.74 Å². The van der Waals surface area contributed by atoms with Crippen LogP contribution in [0, 0.1) is 17.0 Å². The minimum Gasteiger partial charge on any atom is -0.487 e. The third-order valence-corrected chi connectivity index (χ3v) is 4.36. The van der Waals surface area contributed by atoms with Crippen molar-refractivity contribution in [2.45, 2.75) is 45.8 Å².